The number of nitrogens with zero attached hydrogens (tertiary/aromatic N) is 1. The lowest BCUT2D eigenvalue weighted by Gasteiger charge is -2.17. The molecule has 0 fully saturated rings. The van der Waals surface area contributed by atoms with Crippen LogP contribution in [0.2, 0.25) is 0 Å². The van der Waals surface area contributed by atoms with Gasteiger partial charge in [-0.15, -0.1) is 0 Å². The number of hydrogen-bond donors (Lipinski definition) is 0. The van der Waals surface area contributed by atoms with Crippen molar-refractivity contribution in [2.24, 2.45) is 0 Å². The summed E-state index contributed by atoms with van der Waals surface area (Å²) >= 11 is 0. The monoisotopic (exact) mass is 301 g/mol. The number of amides is 1. The lowest BCUT2D eigenvalue weighted by molar-refractivity contribution is -0.130. The number of hydrogen-bond acceptors (Lipinski definition) is 2. The maximum absolute atomic E-state index is 13.6. The Morgan fingerprint density at radius 1 is 1.14 bits per heavy atom. The Bertz CT molecular complexity index is 628. The number of halogens is 1. The summed E-state index contributed by atoms with van der Waals surface area (Å²) in [5.41, 5.74) is 1.88. The van der Waals surface area contributed by atoms with Crippen LogP contribution >= 0.6 is 0 Å². The van der Waals surface area contributed by atoms with Crippen molar-refractivity contribution in [2.45, 2.75) is 19.4 Å². The predicted octanol–water partition coefficient (Wildman–Crippen LogP) is 3.43. The second kappa shape index (κ2) is 7.59. The molecule has 1 amide bonds. The van der Waals surface area contributed by atoms with Gasteiger partial charge in [0, 0.05) is 20.0 Å². The van der Waals surface area contributed by atoms with Crippen LogP contribution in [0.1, 0.15) is 17.5 Å². The van der Waals surface area contributed by atoms with Crippen LogP contribution < -0.4 is 4.74 Å². The summed E-state index contributed by atoms with van der Waals surface area (Å²) in [5.74, 6) is -0.160. The van der Waals surface area contributed by atoms with Crippen molar-refractivity contribution in [3.8, 4) is 5.75 Å². The maximum Gasteiger partial charge on any atom is 0.222 e. The van der Waals surface area contributed by atoms with E-state index in [0.717, 1.165) is 11.1 Å². The van der Waals surface area contributed by atoms with Gasteiger partial charge in [0.1, 0.15) is 0 Å². The van der Waals surface area contributed by atoms with E-state index in [2.05, 4.69) is 0 Å². The molecule has 0 aliphatic rings. The Morgan fingerprint density at radius 2 is 1.86 bits per heavy atom. The van der Waals surface area contributed by atoms with Crippen LogP contribution in [0.25, 0.3) is 0 Å². The highest BCUT2D eigenvalue weighted by molar-refractivity contribution is 5.76. The summed E-state index contributed by atoms with van der Waals surface area (Å²) in [7, 11) is 3.16. The largest absolute Gasteiger partial charge is 0.494 e. The molecule has 0 aliphatic heterocycles. The molecule has 3 nitrogen and oxygen atoms in total. The van der Waals surface area contributed by atoms with Crippen molar-refractivity contribution in [1.29, 1.82) is 0 Å². The average molecular weight is 301 g/mol. The third kappa shape index (κ3) is 4.32. The lowest BCUT2D eigenvalue weighted by atomic mass is 10.1. The second-order valence-electron chi connectivity index (χ2n) is 5.20. The van der Waals surface area contributed by atoms with Crippen LogP contribution in [-0.2, 0) is 17.8 Å². The fourth-order valence-electron chi connectivity index (χ4n) is 2.26. The van der Waals surface area contributed by atoms with Crippen molar-refractivity contribution in [3.63, 3.8) is 0 Å². The SMILES string of the molecule is COc1ccc(CN(C)C(=O)CCc2ccccc2)cc1F. The molecule has 0 spiro atoms. The molecule has 2 aromatic carbocycles. The average Bonchev–Trinajstić information content (AvgIpc) is 2.53. The van der Waals surface area contributed by atoms with Crippen LogP contribution in [0.5, 0.6) is 5.75 Å². The predicted molar refractivity (Wildman–Crippen MR) is 84.2 cm³/mol. The molecule has 0 saturated carbocycles. The Morgan fingerprint density at radius 3 is 2.50 bits per heavy atom. The van der Waals surface area contributed by atoms with Crippen LogP contribution in [-0.4, -0.2) is 25.0 Å². The minimum absolute atomic E-state index is 0.0417. The zero-order valence-electron chi connectivity index (χ0n) is 12.9. The molecular formula is C18H20FNO2. The summed E-state index contributed by atoms with van der Waals surface area (Å²) < 4.78 is 18.5. The number of rotatable bonds is 6. The van der Waals surface area contributed by atoms with Gasteiger partial charge < -0.3 is 9.64 Å². The Labute approximate surface area is 130 Å². The first kappa shape index (κ1) is 16.0. The highest BCUT2D eigenvalue weighted by Gasteiger charge is 2.11. The molecule has 2 aromatic rings. The summed E-state index contributed by atoms with van der Waals surface area (Å²) in [5, 5.41) is 0. The molecule has 0 aliphatic carbocycles. The summed E-state index contributed by atoms with van der Waals surface area (Å²) in [4.78, 5) is 13.8. The topological polar surface area (TPSA) is 29.5 Å². The highest BCUT2D eigenvalue weighted by Crippen LogP contribution is 2.18. The smallest absolute Gasteiger partial charge is 0.222 e. The first-order chi connectivity index (χ1) is 10.6. The quantitative estimate of drug-likeness (QED) is 0.818. The van der Waals surface area contributed by atoms with E-state index < -0.39 is 5.82 Å². The zero-order chi connectivity index (χ0) is 15.9. The van der Waals surface area contributed by atoms with Gasteiger partial charge in [-0.2, -0.15) is 0 Å². The van der Waals surface area contributed by atoms with Crippen LogP contribution in [0, 0.1) is 5.82 Å². The van der Waals surface area contributed by atoms with Crippen LogP contribution in [0.15, 0.2) is 48.5 Å². The molecule has 0 N–H and O–H groups in total. The van der Waals surface area contributed by atoms with E-state index in [4.69, 9.17) is 4.74 Å². The number of aryl methyl sites for hydroxylation is 1. The van der Waals surface area contributed by atoms with Gasteiger partial charge in [0.2, 0.25) is 5.91 Å². The zero-order valence-corrected chi connectivity index (χ0v) is 12.9. The molecule has 0 radical (unpaired) electrons. The highest BCUT2D eigenvalue weighted by atomic mass is 19.1. The third-order valence-electron chi connectivity index (χ3n) is 3.53. The summed E-state index contributed by atoms with van der Waals surface area (Å²) in [6, 6.07) is 14.6. The van der Waals surface area contributed by atoms with Gasteiger partial charge in [-0.05, 0) is 29.7 Å². The number of carbonyl (C=O) groups excluding carboxylic acids is 1. The van der Waals surface area contributed by atoms with Gasteiger partial charge in [0.25, 0.3) is 0 Å². The molecule has 116 valence electrons. The van der Waals surface area contributed by atoms with Crippen molar-refractivity contribution in [2.75, 3.05) is 14.2 Å². The summed E-state index contributed by atoms with van der Waals surface area (Å²) in [6.07, 6.45) is 1.15. The molecule has 0 heterocycles. The first-order valence-corrected chi connectivity index (χ1v) is 7.20. The van der Waals surface area contributed by atoms with Gasteiger partial charge >= 0.3 is 0 Å². The van der Waals surface area contributed by atoms with E-state index in [0.29, 0.717) is 19.4 Å². The Kier molecular flexibility index (Phi) is 5.53. The number of ether oxygens (including phenoxy) is 1. The molecular weight excluding hydrogens is 281 g/mol. The van der Waals surface area contributed by atoms with E-state index in [1.807, 2.05) is 30.3 Å². The molecule has 22 heavy (non-hydrogen) atoms. The normalized spacial score (nSPS) is 10.3. The van der Waals surface area contributed by atoms with Crippen molar-refractivity contribution >= 4 is 5.91 Å². The minimum Gasteiger partial charge on any atom is -0.494 e. The fraction of sp³-hybridized carbons (Fsp3) is 0.278. The van der Waals surface area contributed by atoms with Crippen molar-refractivity contribution in [3.05, 3.63) is 65.5 Å². The van der Waals surface area contributed by atoms with Crippen molar-refractivity contribution in [1.82, 2.24) is 4.90 Å². The van der Waals surface area contributed by atoms with E-state index in [1.165, 1.54) is 13.2 Å². The molecule has 0 unspecified atom stereocenters. The molecule has 0 aromatic heterocycles. The van der Waals surface area contributed by atoms with E-state index in [1.54, 1.807) is 24.1 Å². The van der Waals surface area contributed by atoms with Crippen molar-refractivity contribution < 1.29 is 13.9 Å². The standard InChI is InChI=1S/C18H20FNO2/c1-20(13-15-8-10-17(22-2)16(19)12-15)18(21)11-9-14-6-4-3-5-7-14/h3-8,10,12H,9,11,13H2,1-2H3. The second-order valence-corrected chi connectivity index (χ2v) is 5.20. The third-order valence-corrected chi connectivity index (χ3v) is 3.53. The Balaban J connectivity index is 1.89. The van der Waals surface area contributed by atoms with Crippen LogP contribution in [0.3, 0.4) is 0 Å². The van der Waals surface area contributed by atoms with Gasteiger partial charge in [-0.3, -0.25) is 4.79 Å². The maximum atomic E-state index is 13.6. The molecule has 0 bridgehead atoms. The molecule has 0 atom stereocenters. The number of carbonyl (C=O) groups is 1. The fourth-order valence-corrected chi connectivity index (χ4v) is 2.26. The summed E-state index contributed by atoms with van der Waals surface area (Å²) in [6.45, 7) is 0.383. The minimum atomic E-state index is -0.412. The molecule has 4 heteroatoms. The van der Waals surface area contributed by atoms with Gasteiger partial charge in [-0.25, -0.2) is 4.39 Å². The van der Waals surface area contributed by atoms with Gasteiger partial charge in [0.15, 0.2) is 11.6 Å². The first-order valence-electron chi connectivity index (χ1n) is 7.20. The van der Waals surface area contributed by atoms with E-state index in [9.17, 15) is 9.18 Å². The molecule has 2 rings (SSSR count). The van der Waals surface area contributed by atoms with E-state index in [-0.39, 0.29) is 11.7 Å². The Hall–Kier alpha value is -2.36. The van der Waals surface area contributed by atoms with E-state index >= 15 is 0 Å². The lowest BCUT2D eigenvalue weighted by Crippen LogP contribution is -2.26. The molecule has 0 saturated heterocycles. The van der Waals surface area contributed by atoms with Gasteiger partial charge in [-0.1, -0.05) is 36.4 Å². The van der Waals surface area contributed by atoms with Crippen LogP contribution in [0.4, 0.5) is 4.39 Å². The van der Waals surface area contributed by atoms with Gasteiger partial charge in [0.05, 0.1) is 7.11 Å². The number of methoxy groups -OCH3 is 1. The number of benzene rings is 2.